The standard InChI is InChI=1S/C19H18BrN3O2/c1-11-7-15(20)8-12(2)18(11)25-17(19(24)23-21)10-13-3-4-14-5-6-22-16(14)9-13/h3-10,22H,21H2,1-2H3,(H,23,24)/b17-10+. The minimum atomic E-state index is -0.492. The number of hydrogen-bond acceptors (Lipinski definition) is 3. The molecule has 5 nitrogen and oxygen atoms in total. The number of ether oxygens (including phenoxy) is 1. The first-order valence-corrected chi connectivity index (χ1v) is 8.51. The van der Waals surface area contributed by atoms with Crippen molar-refractivity contribution in [3.05, 3.63) is 69.5 Å². The Morgan fingerprint density at radius 2 is 1.92 bits per heavy atom. The van der Waals surface area contributed by atoms with Gasteiger partial charge < -0.3 is 9.72 Å². The van der Waals surface area contributed by atoms with Gasteiger partial charge in [0.1, 0.15) is 5.75 Å². The van der Waals surface area contributed by atoms with Crippen molar-refractivity contribution in [1.82, 2.24) is 10.4 Å². The van der Waals surface area contributed by atoms with Gasteiger partial charge in [0.2, 0.25) is 0 Å². The number of H-pyrrole nitrogens is 1. The average Bonchev–Trinajstić information content (AvgIpc) is 3.03. The zero-order valence-electron chi connectivity index (χ0n) is 13.9. The van der Waals surface area contributed by atoms with Gasteiger partial charge in [0.25, 0.3) is 0 Å². The fourth-order valence-electron chi connectivity index (χ4n) is 2.69. The van der Waals surface area contributed by atoms with Crippen LogP contribution < -0.4 is 16.0 Å². The number of fused-ring (bicyclic) bond motifs is 1. The Kier molecular flexibility index (Phi) is 4.92. The molecule has 0 atom stereocenters. The van der Waals surface area contributed by atoms with Gasteiger partial charge in [-0.3, -0.25) is 10.2 Å². The third-order valence-corrected chi connectivity index (χ3v) is 4.33. The SMILES string of the molecule is Cc1cc(Br)cc(C)c1O/C(=C/c1ccc2cc[nH]c2c1)C(=O)NN. The predicted octanol–water partition coefficient (Wildman–Crippen LogP) is 3.96. The van der Waals surface area contributed by atoms with Crippen LogP contribution in [0.1, 0.15) is 16.7 Å². The molecule has 0 radical (unpaired) electrons. The van der Waals surface area contributed by atoms with Crippen molar-refractivity contribution < 1.29 is 9.53 Å². The summed E-state index contributed by atoms with van der Waals surface area (Å²) in [5.74, 6) is 5.59. The number of nitrogens with one attached hydrogen (secondary N) is 2. The first-order valence-electron chi connectivity index (χ1n) is 7.72. The van der Waals surface area contributed by atoms with E-state index < -0.39 is 5.91 Å². The van der Waals surface area contributed by atoms with Gasteiger partial charge in [-0.25, -0.2) is 5.84 Å². The molecule has 0 aliphatic carbocycles. The van der Waals surface area contributed by atoms with Crippen LogP contribution >= 0.6 is 15.9 Å². The van der Waals surface area contributed by atoms with Gasteiger partial charge in [0.05, 0.1) is 0 Å². The normalized spacial score (nSPS) is 11.6. The molecule has 0 bridgehead atoms. The van der Waals surface area contributed by atoms with E-state index in [0.29, 0.717) is 5.75 Å². The number of aromatic nitrogens is 1. The second-order valence-corrected chi connectivity index (χ2v) is 6.69. The van der Waals surface area contributed by atoms with Gasteiger partial charge in [-0.2, -0.15) is 0 Å². The minimum absolute atomic E-state index is 0.127. The lowest BCUT2D eigenvalue weighted by Gasteiger charge is -2.14. The highest BCUT2D eigenvalue weighted by Crippen LogP contribution is 2.29. The summed E-state index contributed by atoms with van der Waals surface area (Å²) in [5, 5.41) is 1.10. The molecule has 0 saturated carbocycles. The van der Waals surface area contributed by atoms with Gasteiger partial charge in [-0.1, -0.05) is 28.1 Å². The summed E-state index contributed by atoms with van der Waals surface area (Å²) in [6.07, 6.45) is 3.54. The Hall–Kier alpha value is -2.57. The molecule has 1 heterocycles. The molecule has 1 aromatic heterocycles. The third kappa shape index (κ3) is 3.75. The Balaban J connectivity index is 2.01. The summed E-state index contributed by atoms with van der Waals surface area (Å²) < 4.78 is 6.88. The highest BCUT2D eigenvalue weighted by atomic mass is 79.9. The number of benzene rings is 2. The molecule has 0 saturated heterocycles. The van der Waals surface area contributed by atoms with E-state index in [1.165, 1.54) is 0 Å². The maximum Gasteiger partial charge on any atom is 0.300 e. The van der Waals surface area contributed by atoms with Crippen molar-refractivity contribution in [2.45, 2.75) is 13.8 Å². The fourth-order valence-corrected chi connectivity index (χ4v) is 3.37. The zero-order valence-corrected chi connectivity index (χ0v) is 15.5. The molecule has 4 N–H and O–H groups in total. The minimum Gasteiger partial charge on any atom is -0.451 e. The summed E-state index contributed by atoms with van der Waals surface area (Å²) in [5.41, 5.74) is 5.79. The summed E-state index contributed by atoms with van der Waals surface area (Å²) >= 11 is 3.46. The first kappa shape index (κ1) is 17.3. The highest BCUT2D eigenvalue weighted by Gasteiger charge is 2.15. The third-order valence-electron chi connectivity index (χ3n) is 3.87. The fraction of sp³-hybridized carbons (Fsp3) is 0.105. The maximum absolute atomic E-state index is 12.2. The number of hydrogen-bond donors (Lipinski definition) is 3. The van der Waals surface area contributed by atoms with E-state index >= 15 is 0 Å². The van der Waals surface area contributed by atoms with Crippen LogP contribution in [0.2, 0.25) is 0 Å². The lowest BCUT2D eigenvalue weighted by Crippen LogP contribution is -2.33. The van der Waals surface area contributed by atoms with E-state index in [1.807, 2.05) is 56.4 Å². The van der Waals surface area contributed by atoms with Crippen LogP contribution in [0.15, 0.2) is 52.8 Å². The van der Waals surface area contributed by atoms with E-state index in [0.717, 1.165) is 32.1 Å². The van der Waals surface area contributed by atoms with Crippen LogP contribution in [0, 0.1) is 13.8 Å². The molecule has 128 valence electrons. The van der Waals surface area contributed by atoms with E-state index in [2.05, 4.69) is 26.3 Å². The van der Waals surface area contributed by atoms with E-state index in [9.17, 15) is 4.79 Å². The molecule has 1 amide bonds. The Labute approximate surface area is 154 Å². The van der Waals surface area contributed by atoms with Crippen LogP contribution in [-0.4, -0.2) is 10.9 Å². The lowest BCUT2D eigenvalue weighted by atomic mass is 10.1. The molecule has 6 heteroatoms. The van der Waals surface area contributed by atoms with Crippen molar-refractivity contribution in [3.8, 4) is 5.75 Å². The smallest absolute Gasteiger partial charge is 0.300 e. The summed E-state index contributed by atoms with van der Waals surface area (Å²) in [4.78, 5) is 15.3. The van der Waals surface area contributed by atoms with E-state index in [1.54, 1.807) is 6.08 Å². The van der Waals surface area contributed by atoms with Gasteiger partial charge in [0.15, 0.2) is 5.76 Å². The van der Waals surface area contributed by atoms with E-state index in [4.69, 9.17) is 10.6 Å². The van der Waals surface area contributed by atoms with Crippen LogP contribution in [0.3, 0.4) is 0 Å². The van der Waals surface area contributed by atoms with Crippen LogP contribution in [-0.2, 0) is 4.79 Å². The maximum atomic E-state index is 12.2. The lowest BCUT2D eigenvalue weighted by molar-refractivity contribution is -0.119. The number of nitrogens with two attached hydrogens (primary N) is 1. The molecule has 3 rings (SSSR count). The van der Waals surface area contributed by atoms with Gasteiger partial charge in [0, 0.05) is 16.2 Å². The Bertz CT molecular complexity index is 953. The number of carbonyl (C=O) groups is 1. The first-order chi connectivity index (χ1) is 12.0. The van der Waals surface area contributed by atoms with Gasteiger partial charge in [-0.15, -0.1) is 0 Å². The summed E-state index contributed by atoms with van der Waals surface area (Å²) in [6.45, 7) is 3.85. The van der Waals surface area contributed by atoms with E-state index in [-0.39, 0.29) is 5.76 Å². The molecule has 0 spiro atoms. The molecule has 0 fully saturated rings. The van der Waals surface area contributed by atoms with Gasteiger partial charge >= 0.3 is 5.91 Å². The zero-order chi connectivity index (χ0) is 18.0. The number of halogens is 1. The van der Waals surface area contributed by atoms with Crippen LogP contribution in [0.25, 0.3) is 17.0 Å². The number of rotatable bonds is 4. The molecule has 3 aromatic rings. The quantitative estimate of drug-likeness (QED) is 0.204. The van der Waals surface area contributed by atoms with Crippen molar-refractivity contribution in [2.75, 3.05) is 0 Å². The molecular formula is C19H18BrN3O2. The van der Waals surface area contributed by atoms with Gasteiger partial charge in [-0.05, 0) is 66.3 Å². The Morgan fingerprint density at radius 3 is 2.60 bits per heavy atom. The molecule has 0 unspecified atom stereocenters. The summed E-state index contributed by atoms with van der Waals surface area (Å²) in [7, 11) is 0. The predicted molar refractivity (Wildman–Crippen MR) is 103 cm³/mol. The molecule has 0 aliphatic heterocycles. The van der Waals surface area contributed by atoms with Crippen LogP contribution in [0.5, 0.6) is 5.75 Å². The topological polar surface area (TPSA) is 80.1 Å². The summed E-state index contributed by atoms with van der Waals surface area (Å²) in [6, 6.07) is 11.7. The number of aromatic amines is 1. The van der Waals surface area contributed by atoms with Crippen LogP contribution in [0.4, 0.5) is 0 Å². The number of hydrazine groups is 1. The van der Waals surface area contributed by atoms with Crippen molar-refractivity contribution >= 4 is 38.8 Å². The molecular weight excluding hydrogens is 382 g/mol. The highest BCUT2D eigenvalue weighted by molar-refractivity contribution is 9.10. The largest absolute Gasteiger partial charge is 0.451 e. The Morgan fingerprint density at radius 1 is 1.20 bits per heavy atom. The molecule has 2 aromatic carbocycles. The monoisotopic (exact) mass is 399 g/mol. The second kappa shape index (κ2) is 7.13. The number of amides is 1. The second-order valence-electron chi connectivity index (χ2n) is 5.78. The van der Waals surface area contributed by atoms with Crippen molar-refractivity contribution in [2.24, 2.45) is 5.84 Å². The van der Waals surface area contributed by atoms with Crippen molar-refractivity contribution in [3.63, 3.8) is 0 Å². The number of aryl methyl sites for hydroxylation is 2. The van der Waals surface area contributed by atoms with Crippen molar-refractivity contribution in [1.29, 1.82) is 0 Å². The average molecular weight is 400 g/mol. The number of carbonyl (C=O) groups excluding carboxylic acids is 1. The molecule has 25 heavy (non-hydrogen) atoms. The molecule has 0 aliphatic rings.